The van der Waals surface area contributed by atoms with Crippen LogP contribution in [0.1, 0.15) is 19.8 Å². The molecule has 1 aromatic carbocycles. The number of nitrogens with zero attached hydrogens (tertiary/aromatic N) is 2. The van der Waals surface area contributed by atoms with Gasteiger partial charge in [0.1, 0.15) is 11.5 Å². The molecule has 23 heavy (non-hydrogen) atoms. The van der Waals surface area contributed by atoms with E-state index in [1.807, 2.05) is 18.2 Å². The minimum atomic E-state index is 0. The smallest absolute Gasteiger partial charge is 0.193 e. The van der Waals surface area contributed by atoms with Crippen LogP contribution >= 0.6 is 24.0 Å². The van der Waals surface area contributed by atoms with Gasteiger partial charge in [-0.05, 0) is 38.1 Å². The first-order chi connectivity index (χ1) is 10.7. The fourth-order valence-corrected chi connectivity index (χ4v) is 2.81. The van der Waals surface area contributed by atoms with Crippen molar-refractivity contribution in [3.8, 4) is 11.5 Å². The van der Waals surface area contributed by atoms with E-state index in [1.54, 1.807) is 14.2 Å². The van der Waals surface area contributed by atoms with Crippen LogP contribution < -0.4 is 20.5 Å². The largest absolute Gasteiger partial charge is 0.497 e. The van der Waals surface area contributed by atoms with Gasteiger partial charge in [-0.2, -0.15) is 0 Å². The fraction of sp³-hybridized carbons (Fsp3) is 0.562. The normalized spacial score (nSPS) is 18.4. The zero-order valence-electron chi connectivity index (χ0n) is 14.0. The maximum Gasteiger partial charge on any atom is 0.193 e. The summed E-state index contributed by atoms with van der Waals surface area (Å²) in [6, 6.07) is 6.02. The lowest BCUT2D eigenvalue weighted by Crippen LogP contribution is -2.33. The molecule has 0 saturated carbocycles. The third-order valence-electron chi connectivity index (χ3n) is 4.05. The zero-order valence-corrected chi connectivity index (χ0v) is 16.4. The van der Waals surface area contributed by atoms with Crippen LogP contribution in [0.4, 0.5) is 5.69 Å². The van der Waals surface area contributed by atoms with Gasteiger partial charge in [-0.1, -0.05) is 6.92 Å². The topological polar surface area (TPSA) is 72.1 Å². The fourth-order valence-electron chi connectivity index (χ4n) is 2.81. The molecule has 1 aromatic rings. The molecule has 1 unspecified atom stereocenters. The van der Waals surface area contributed by atoms with E-state index in [1.165, 1.54) is 12.8 Å². The first-order valence-electron chi connectivity index (χ1n) is 7.71. The Balaban J connectivity index is 0.00000264. The number of benzene rings is 1. The molecule has 1 heterocycles. The van der Waals surface area contributed by atoms with Crippen molar-refractivity contribution in [2.24, 2.45) is 10.7 Å². The Kier molecular flexibility index (Phi) is 8.46. The average molecular weight is 434 g/mol. The first kappa shape index (κ1) is 19.8. The molecule has 7 heteroatoms. The minimum Gasteiger partial charge on any atom is -0.497 e. The predicted octanol–water partition coefficient (Wildman–Crippen LogP) is 2.53. The minimum absolute atomic E-state index is 0. The SMILES string of the molecule is CCN1CCCC1CN=C(N)Nc1cc(OC)ccc1OC.I. The molecule has 1 atom stereocenters. The summed E-state index contributed by atoms with van der Waals surface area (Å²) in [7, 11) is 3.25. The second kappa shape index (κ2) is 9.82. The monoisotopic (exact) mass is 434 g/mol. The van der Waals surface area contributed by atoms with Gasteiger partial charge in [0, 0.05) is 12.1 Å². The number of ether oxygens (including phenoxy) is 2. The Morgan fingerprint density at radius 1 is 1.39 bits per heavy atom. The molecule has 1 fully saturated rings. The van der Waals surface area contributed by atoms with Crippen molar-refractivity contribution >= 4 is 35.6 Å². The highest BCUT2D eigenvalue weighted by Crippen LogP contribution is 2.28. The van der Waals surface area contributed by atoms with Crippen molar-refractivity contribution in [2.45, 2.75) is 25.8 Å². The molecule has 0 bridgehead atoms. The van der Waals surface area contributed by atoms with E-state index in [9.17, 15) is 0 Å². The second-order valence-corrected chi connectivity index (χ2v) is 5.34. The summed E-state index contributed by atoms with van der Waals surface area (Å²) < 4.78 is 10.5. The number of nitrogens with two attached hydrogens (primary N) is 1. The number of aliphatic imine (C=N–C) groups is 1. The van der Waals surface area contributed by atoms with Gasteiger partial charge in [0.2, 0.25) is 0 Å². The molecule has 6 nitrogen and oxygen atoms in total. The predicted molar refractivity (Wildman–Crippen MR) is 105 cm³/mol. The number of anilines is 1. The second-order valence-electron chi connectivity index (χ2n) is 5.34. The standard InChI is InChI=1S/C16H26N4O2.HI/c1-4-20-9-5-6-12(20)11-18-16(17)19-14-10-13(21-2)7-8-15(14)22-3;/h7-8,10,12H,4-6,9,11H2,1-3H3,(H3,17,18,19);1H. The van der Waals surface area contributed by atoms with Crippen LogP contribution in [-0.4, -0.2) is 50.8 Å². The van der Waals surface area contributed by atoms with Gasteiger partial charge in [0.15, 0.2) is 5.96 Å². The quantitative estimate of drug-likeness (QED) is 0.409. The number of hydrogen-bond donors (Lipinski definition) is 2. The van der Waals surface area contributed by atoms with Crippen molar-refractivity contribution < 1.29 is 9.47 Å². The molecule has 130 valence electrons. The van der Waals surface area contributed by atoms with Crippen LogP contribution in [0.15, 0.2) is 23.2 Å². The van der Waals surface area contributed by atoms with Crippen molar-refractivity contribution in [1.82, 2.24) is 4.90 Å². The van der Waals surface area contributed by atoms with E-state index >= 15 is 0 Å². The van der Waals surface area contributed by atoms with Crippen molar-refractivity contribution in [2.75, 3.05) is 39.2 Å². The van der Waals surface area contributed by atoms with Crippen LogP contribution in [-0.2, 0) is 0 Å². The molecule has 0 spiro atoms. The number of rotatable bonds is 6. The molecular formula is C16H27IN4O2. The number of likely N-dealkylation sites (N-methyl/N-ethyl adjacent to an activating group) is 1. The summed E-state index contributed by atoms with van der Waals surface area (Å²) in [6.45, 7) is 5.13. The van der Waals surface area contributed by atoms with Gasteiger partial charge in [-0.3, -0.25) is 9.89 Å². The molecule has 1 saturated heterocycles. The summed E-state index contributed by atoms with van der Waals surface area (Å²) in [6.07, 6.45) is 2.43. The van der Waals surface area contributed by atoms with Crippen molar-refractivity contribution in [3.63, 3.8) is 0 Å². The highest BCUT2D eigenvalue weighted by Gasteiger charge is 2.22. The van der Waals surface area contributed by atoms with Gasteiger partial charge in [-0.25, -0.2) is 0 Å². The Labute approximate surface area is 155 Å². The van der Waals surface area contributed by atoms with E-state index in [0.29, 0.717) is 17.8 Å². The van der Waals surface area contributed by atoms with Crippen LogP contribution in [0.25, 0.3) is 0 Å². The van der Waals surface area contributed by atoms with Crippen molar-refractivity contribution in [1.29, 1.82) is 0 Å². The van der Waals surface area contributed by atoms with Crippen LogP contribution in [0, 0.1) is 0 Å². The maximum absolute atomic E-state index is 6.01. The van der Waals surface area contributed by atoms with Crippen molar-refractivity contribution in [3.05, 3.63) is 18.2 Å². The Morgan fingerprint density at radius 3 is 2.83 bits per heavy atom. The molecule has 3 N–H and O–H groups in total. The molecule has 0 radical (unpaired) electrons. The van der Waals surface area contributed by atoms with Crippen LogP contribution in [0.5, 0.6) is 11.5 Å². The first-order valence-corrected chi connectivity index (χ1v) is 7.71. The molecule has 1 aliphatic rings. The summed E-state index contributed by atoms with van der Waals surface area (Å²) in [4.78, 5) is 6.92. The van der Waals surface area contributed by atoms with Gasteiger partial charge in [0.05, 0.1) is 26.5 Å². The summed E-state index contributed by atoms with van der Waals surface area (Å²) in [5.74, 6) is 1.84. The number of halogens is 1. The number of guanidine groups is 1. The Hall–Kier alpha value is -1.22. The average Bonchev–Trinajstić information content (AvgIpc) is 3.00. The highest BCUT2D eigenvalue weighted by molar-refractivity contribution is 14.0. The number of methoxy groups -OCH3 is 2. The van der Waals surface area contributed by atoms with Crippen LogP contribution in [0.3, 0.4) is 0 Å². The molecule has 0 aromatic heterocycles. The number of likely N-dealkylation sites (tertiary alicyclic amines) is 1. The third-order valence-corrected chi connectivity index (χ3v) is 4.05. The van der Waals surface area contributed by atoms with E-state index < -0.39 is 0 Å². The van der Waals surface area contributed by atoms with E-state index in [0.717, 1.165) is 31.1 Å². The summed E-state index contributed by atoms with van der Waals surface area (Å²) >= 11 is 0. The maximum atomic E-state index is 6.01. The molecular weight excluding hydrogens is 407 g/mol. The number of hydrogen-bond acceptors (Lipinski definition) is 4. The van der Waals surface area contributed by atoms with Gasteiger partial charge >= 0.3 is 0 Å². The summed E-state index contributed by atoms with van der Waals surface area (Å²) in [5.41, 5.74) is 6.76. The molecule has 1 aliphatic heterocycles. The number of nitrogens with one attached hydrogen (secondary N) is 1. The van der Waals surface area contributed by atoms with Gasteiger partial charge in [-0.15, -0.1) is 24.0 Å². The molecule has 0 aliphatic carbocycles. The molecule has 0 amide bonds. The lowest BCUT2D eigenvalue weighted by atomic mass is 10.2. The Bertz CT molecular complexity index is 525. The van der Waals surface area contributed by atoms with E-state index in [2.05, 4.69) is 22.1 Å². The van der Waals surface area contributed by atoms with E-state index in [-0.39, 0.29) is 24.0 Å². The van der Waals surface area contributed by atoms with E-state index in [4.69, 9.17) is 15.2 Å². The third kappa shape index (κ3) is 5.42. The highest BCUT2D eigenvalue weighted by atomic mass is 127. The zero-order chi connectivity index (χ0) is 15.9. The Morgan fingerprint density at radius 2 is 2.17 bits per heavy atom. The van der Waals surface area contributed by atoms with Gasteiger partial charge in [0.25, 0.3) is 0 Å². The lowest BCUT2D eigenvalue weighted by molar-refractivity contribution is 0.273. The molecule has 2 rings (SSSR count). The summed E-state index contributed by atoms with van der Waals surface area (Å²) in [5, 5.41) is 3.10. The van der Waals surface area contributed by atoms with Gasteiger partial charge < -0.3 is 20.5 Å². The van der Waals surface area contributed by atoms with Crippen LogP contribution in [0.2, 0.25) is 0 Å². The lowest BCUT2D eigenvalue weighted by Gasteiger charge is -2.21.